The largest absolute Gasteiger partial charge is 0.465 e. The Morgan fingerprint density at radius 2 is 1.85 bits per heavy atom. The summed E-state index contributed by atoms with van der Waals surface area (Å²) in [5.41, 5.74) is 0.923. The van der Waals surface area contributed by atoms with E-state index in [4.69, 9.17) is 13.8 Å². The summed E-state index contributed by atoms with van der Waals surface area (Å²) in [5, 5.41) is 0. The third-order valence-corrected chi connectivity index (χ3v) is 5.01. The molecule has 0 aliphatic heterocycles. The van der Waals surface area contributed by atoms with Crippen molar-refractivity contribution in [1.82, 2.24) is 0 Å². The van der Waals surface area contributed by atoms with E-state index in [1.807, 2.05) is 0 Å². The normalized spacial score (nSPS) is 11.4. The Morgan fingerprint density at radius 1 is 1.25 bits per heavy atom. The van der Waals surface area contributed by atoms with Gasteiger partial charge in [0.2, 0.25) is 0 Å². The molecule has 20 heavy (non-hydrogen) atoms. The van der Waals surface area contributed by atoms with E-state index in [1.54, 1.807) is 32.0 Å². The highest BCUT2D eigenvalue weighted by Gasteiger charge is 2.27. The second-order valence-corrected chi connectivity index (χ2v) is 6.87. The van der Waals surface area contributed by atoms with Crippen LogP contribution in [-0.4, -0.2) is 26.3 Å². The smallest absolute Gasteiger partial charge is 0.338 e. The van der Waals surface area contributed by atoms with E-state index in [2.05, 4.69) is 15.9 Å². The fourth-order valence-electron chi connectivity index (χ4n) is 1.73. The number of rotatable bonds is 7. The van der Waals surface area contributed by atoms with E-state index in [0.29, 0.717) is 11.1 Å². The van der Waals surface area contributed by atoms with Gasteiger partial charge in [0.05, 0.1) is 32.0 Å². The lowest BCUT2D eigenvalue weighted by atomic mass is 10.1. The number of carbonyl (C=O) groups excluding carboxylic acids is 1. The highest BCUT2D eigenvalue weighted by molar-refractivity contribution is 9.10. The molecule has 0 unspecified atom stereocenters. The molecular weight excluding hydrogens is 347 g/mol. The van der Waals surface area contributed by atoms with Crippen LogP contribution in [0.25, 0.3) is 0 Å². The summed E-state index contributed by atoms with van der Waals surface area (Å²) in [5.74, 6) is -0.480. The van der Waals surface area contributed by atoms with E-state index in [9.17, 15) is 9.36 Å². The molecule has 0 amide bonds. The maximum Gasteiger partial charge on any atom is 0.338 e. The minimum Gasteiger partial charge on any atom is -0.465 e. The molecule has 0 spiro atoms. The molecule has 0 radical (unpaired) electrons. The molecule has 5 nitrogen and oxygen atoms in total. The minimum atomic E-state index is -3.27. The number of hydrogen-bond donors (Lipinski definition) is 0. The first kappa shape index (κ1) is 17.4. The van der Waals surface area contributed by atoms with Gasteiger partial charge in [-0.2, -0.15) is 0 Å². The molecule has 1 rings (SSSR count). The monoisotopic (exact) mass is 364 g/mol. The summed E-state index contributed by atoms with van der Waals surface area (Å²) in [6, 6.07) is 5.06. The fourth-order valence-corrected chi connectivity index (χ4v) is 3.86. The van der Waals surface area contributed by atoms with Crippen molar-refractivity contribution in [2.45, 2.75) is 20.0 Å². The van der Waals surface area contributed by atoms with Crippen molar-refractivity contribution in [3.8, 4) is 0 Å². The van der Waals surface area contributed by atoms with E-state index in [-0.39, 0.29) is 19.4 Å². The molecule has 1 aromatic carbocycles. The van der Waals surface area contributed by atoms with Crippen molar-refractivity contribution >= 4 is 29.5 Å². The van der Waals surface area contributed by atoms with Crippen molar-refractivity contribution < 1.29 is 23.1 Å². The first-order valence-electron chi connectivity index (χ1n) is 6.20. The van der Waals surface area contributed by atoms with Crippen LogP contribution in [0.5, 0.6) is 0 Å². The summed E-state index contributed by atoms with van der Waals surface area (Å²) in [4.78, 5) is 11.7. The Kier molecular flexibility index (Phi) is 6.89. The summed E-state index contributed by atoms with van der Waals surface area (Å²) >= 11 is 3.33. The standard InChI is InChI=1S/C13H18BrO5P/c1-4-18-20(16,19-5-2)9-10-8-11(14)6-7-12(10)13(15)17-3/h6-8H,4-5,9H2,1-3H3. The molecule has 0 aliphatic carbocycles. The van der Waals surface area contributed by atoms with Crippen LogP contribution in [0.2, 0.25) is 0 Å². The SMILES string of the molecule is CCOP(=O)(Cc1cc(Br)ccc1C(=O)OC)OCC. The highest BCUT2D eigenvalue weighted by atomic mass is 79.9. The number of halogens is 1. The number of benzene rings is 1. The first-order valence-corrected chi connectivity index (χ1v) is 8.72. The quantitative estimate of drug-likeness (QED) is 0.540. The lowest BCUT2D eigenvalue weighted by Gasteiger charge is -2.18. The van der Waals surface area contributed by atoms with Crippen molar-refractivity contribution in [3.63, 3.8) is 0 Å². The molecule has 7 heteroatoms. The molecule has 0 N–H and O–H groups in total. The van der Waals surface area contributed by atoms with Crippen LogP contribution in [0.1, 0.15) is 29.8 Å². The molecule has 0 bridgehead atoms. The summed E-state index contributed by atoms with van der Waals surface area (Å²) < 4.78 is 28.5. The van der Waals surface area contributed by atoms with Crippen LogP contribution in [0.15, 0.2) is 22.7 Å². The van der Waals surface area contributed by atoms with Gasteiger partial charge in [-0.25, -0.2) is 4.79 Å². The number of ether oxygens (including phenoxy) is 1. The predicted octanol–water partition coefficient (Wildman–Crippen LogP) is 4.00. The molecule has 112 valence electrons. The van der Waals surface area contributed by atoms with E-state index >= 15 is 0 Å². The molecule has 1 aromatic rings. The number of methoxy groups -OCH3 is 1. The third-order valence-electron chi connectivity index (χ3n) is 2.49. The van der Waals surface area contributed by atoms with Crippen LogP contribution < -0.4 is 0 Å². The minimum absolute atomic E-state index is 0.0263. The van der Waals surface area contributed by atoms with Gasteiger partial charge in [-0.05, 0) is 37.6 Å². The second kappa shape index (κ2) is 7.93. The summed E-state index contributed by atoms with van der Waals surface area (Å²) in [6.07, 6.45) is 0.0263. The average Bonchev–Trinajstić information content (AvgIpc) is 2.38. The zero-order valence-electron chi connectivity index (χ0n) is 11.7. The van der Waals surface area contributed by atoms with Gasteiger partial charge in [0, 0.05) is 4.47 Å². The average molecular weight is 365 g/mol. The lowest BCUT2D eigenvalue weighted by Crippen LogP contribution is -2.07. The molecule has 0 aromatic heterocycles. The van der Waals surface area contributed by atoms with Crippen LogP contribution in [0, 0.1) is 0 Å². The van der Waals surface area contributed by atoms with Crippen LogP contribution in [0.3, 0.4) is 0 Å². The van der Waals surface area contributed by atoms with Crippen LogP contribution >= 0.6 is 23.5 Å². The lowest BCUT2D eigenvalue weighted by molar-refractivity contribution is 0.0600. The molecule has 0 saturated heterocycles. The van der Waals surface area contributed by atoms with Gasteiger partial charge in [-0.15, -0.1) is 0 Å². The number of carbonyl (C=O) groups is 1. The number of esters is 1. The third kappa shape index (κ3) is 4.70. The van der Waals surface area contributed by atoms with Crippen molar-refractivity contribution in [3.05, 3.63) is 33.8 Å². The van der Waals surface area contributed by atoms with Gasteiger partial charge in [0.15, 0.2) is 0 Å². The van der Waals surface area contributed by atoms with E-state index in [0.717, 1.165) is 4.47 Å². The Balaban J connectivity index is 3.14. The fraction of sp³-hybridized carbons (Fsp3) is 0.462. The van der Waals surface area contributed by atoms with Gasteiger partial charge < -0.3 is 13.8 Å². The van der Waals surface area contributed by atoms with Gasteiger partial charge in [0.1, 0.15) is 0 Å². The molecule has 0 atom stereocenters. The maximum absolute atomic E-state index is 12.5. The molecule has 0 aliphatic rings. The molecule has 0 saturated carbocycles. The van der Waals surface area contributed by atoms with Gasteiger partial charge in [-0.3, -0.25) is 4.57 Å². The predicted molar refractivity (Wildman–Crippen MR) is 80.0 cm³/mol. The number of hydrogen-bond acceptors (Lipinski definition) is 5. The summed E-state index contributed by atoms with van der Waals surface area (Å²) in [6.45, 7) is 4.04. The highest BCUT2D eigenvalue weighted by Crippen LogP contribution is 2.51. The van der Waals surface area contributed by atoms with E-state index < -0.39 is 13.6 Å². The van der Waals surface area contributed by atoms with Gasteiger partial charge in [0.25, 0.3) is 0 Å². The van der Waals surface area contributed by atoms with Gasteiger partial charge >= 0.3 is 13.6 Å². The van der Waals surface area contributed by atoms with Crippen molar-refractivity contribution in [1.29, 1.82) is 0 Å². The zero-order valence-corrected chi connectivity index (χ0v) is 14.2. The Hall–Kier alpha value is -0.680. The molecule has 0 fully saturated rings. The van der Waals surface area contributed by atoms with Crippen LogP contribution in [0.4, 0.5) is 0 Å². The Morgan fingerprint density at radius 3 is 2.35 bits per heavy atom. The zero-order chi connectivity index (χ0) is 15.2. The Bertz CT molecular complexity index is 507. The maximum atomic E-state index is 12.5. The first-order chi connectivity index (χ1) is 9.45. The second-order valence-electron chi connectivity index (χ2n) is 3.90. The molecular formula is C13H18BrO5P. The van der Waals surface area contributed by atoms with Crippen LogP contribution in [-0.2, 0) is 24.5 Å². The molecule has 0 heterocycles. The van der Waals surface area contributed by atoms with E-state index in [1.165, 1.54) is 7.11 Å². The van der Waals surface area contributed by atoms with Gasteiger partial charge in [-0.1, -0.05) is 15.9 Å². The summed E-state index contributed by atoms with van der Waals surface area (Å²) in [7, 11) is -1.96. The Labute approximate surface area is 127 Å². The topological polar surface area (TPSA) is 61.8 Å². The van der Waals surface area contributed by atoms with Crippen molar-refractivity contribution in [2.75, 3.05) is 20.3 Å². The van der Waals surface area contributed by atoms with Crippen molar-refractivity contribution in [2.24, 2.45) is 0 Å².